The zero-order valence-electron chi connectivity index (χ0n) is 37.2. The van der Waals surface area contributed by atoms with Gasteiger partial charge in [0.25, 0.3) is 21.9 Å². The van der Waals surface area contributed by atoms with Crippen LogP contribution in [-0.4, -0.2) is 111 Å². The van der Waals surface area contributed by atoms with Gasteiger partial charge in [0, 0.05) is 60.6 Å². The molecule has 4 aromatic carbocycles. The summed E-state index contributed by atoms with van der Waals surface area (Å²) in [7, 11) is -4.05. The molecule has 1 N–H and O–H groups in total. The second kappa shape index (κ2) is 19.7. The van der Waals surface area contributed by atoms with Gasteiger partial charge in [-0.15, -0.1) is 0 Å². The number of carbonyl (C=O) groups is 2. The van der Waals surface area contributed by atoms with Crippen molar-refractivity contribution in [2.75, 3.05) is 59.0 Å². The van der Waals surface area contributed by atoms with Crippen LogP contribution < -0.4 is 18.9 Å². The van der Waals surface area contributed by atoms with E-state index in [1.807, 2.05) is 53.4 Å². The molecule has 64 heavy (non-hydrogen) atoms. The van der Waals surface area contributed by atoms with Crippen LogP contribution in [0.25, 0.3) is 0 Å². The summed E-state index contributed by atoms with van der Waals surface area (Å²) in [5.74, 6) is 1.81. The molecule has 14 heteroatoms. The minimum atomic E-state index is -4.52. The highest BCUT2D eigenvalue weighted by Gasteiger charge is 2.48. The highest BCUT2D eigenvalue weighted by molar-refractivity contribution is 7.86. The molecule has 0 bridgehead atoms. The number of ether oxygens (including phenoxy) is 4. The maximum Gasteiger partial charge on any atom is 0.270 e. The van der Waals surface area contributed by atoms with Gasteiger partial charge in [-0.2, -0.15) is 8.42 Å². The number of fused-ring (bicyclic) bond motifs is 4. The fourth-order valence-corrected chi connectivity index (χ4v) is 14.5. The minimum absolute atomic E-state index is 0.0424. The van der Waals surface area contributed by atoms with Crippen LogP contribution in [0.4, 0.5) is 0 Å². The van der Waals surface area contributed by atoms with Gasteiger partial charge in [-0.1, -0.05) is 74.0 Å². The number of aryl methyl sites for hydroxylation is 1. The van der Waals surface area contributed by atoms with Crippen molar-refractivity contribution in [3.8, 4) is 23.0 Å². The van der Waals surface area contributed by atoms with E-state index in [9.17, 15) is 27.1 Å². The molecule has 0 aromatic heterocycles. The Morgan fingerprint density at radius 2 is 1.20 bits per heavy atom. The van der Waals surface area contributed by atoms with Crippen LogP contribution in [0.1, 0.15) is 107 Å². The number of hydrogen-bond donors (Lipinski definition) is 1. The summed E-state index contributed by atoms with van der Waals surface area (Å²) in [6.45, 7) is 3.72. The first-order valence-electron chi connectivity index (χ1n) is 22.8. The molecule has 0 spiro atoms. The Morgan fingerprint density at radius 1 is 0.688 bits per heavy atom. The summed E-state index contributed by atoms with van der Waals surface area (Å²) < 4.78 is 74.6. The van der Waals surface area contributed by atoms with E-state index in [0.29, 0.717) is 103 Å². The van der Waals surface area contributed by atoms with Crippen LogP contribution in [0.3, 0.4) is 0 Å². The molecule has 4 aliphatic rings. The lowest BCUT2D eigenvalue weighted by Gasteiger charge is -2.26. The molecule has 4 aliphatic heterocycles. The Balaban J connectivity index is 0.881. The van der Waals surface area contributed by atoms with Gasteiger partial charge in [0.15, 0.2) is 23.0 Å². The SMILES string of the molecule is CCCCP(=O)(CCCOc1cc2c(cc1OC)C(=O)N1CC(c3ccccc3)C[C@H]1CC2)CCCOc1cc2c(cc1OC)C(=O)N1CC(c3ccccc3)C[C@H]1C(S(=O)(=O)O)C2. The first kappa shape index (κ1) is 45.7. The van der Waals surface area contributed by atoms with Crippen molar-refractivity contribution < 1.29 is 46.1 Å². The van der Waals surface area contributed by atoms with Crippen LogP contribution in [0, 0.1) is 0 Å². The lowest BCUT2D eigenvalue weighted by atomic mass is 9.93. The Labute approximate surface area is 377 Å². The molecule has 4 heterocycles. The largest absolute Gasteiger partial charge is 0.493 e. The Morgan fingerprint density at radius 3 is 1.77 bits per heavy atom. The fourth-order valence-electron chi connectivity index (χ4n) is 10.5. The second-order valence-electron chi connectivity index (χ2n) is 17.9. The van der Waals surface area contributed by atoms with Gasteiger partial charge in [-0.05, 0) is 97.9 Å². The number of nitrogens with zero attached hydrogens (tertiary/aromatic N) is 2. The third kappa shape index (κ3) is 9.87. The Hall–Kier alpha value is -4.84. The van der Waals surface area contributed by atoms with Gasteiger partial charge in [-0.3, -0.25) is 14.1 Å². The molecule has 2 fully saturated rings. The summed E-state index contributed by atoms with van der Waals surface area (Å²) in [6, 6.07) is 26.7. The molecule has 0 aliphatic carbocycles. The standard InChI is InChI=1S/C50H61N2O10PS/c1-4-5-22-63(55,23-12-20-61-46-27-36-18-19-40-25-38(34-14-8-6-9-15-34)32-51(40)49(53)41(36)30-44(46)59-2)24-13-21-62-47-28-37-29-48(64(56,57)58)43-26-39(35-16-10-7-11-17-35)33-52(43)50(54)42(37)31-45(47)60-3/h6-11,14-17,27-28,30-31,38-40,43,48H,4-5,12-13,18-26,29,32-33H2,1-3H3,(H,56,57,58)/t38?,39?,40-,43+,48?,63?/m1/s1. The summed E-state index contributed by atoms with van der Waals surface area (Å²) >= 11 is 0. The van der Waals surface area contributed by atoms with Gasteiger partial charge < -0.3 is 33.3 Å². The number of hydrogen-bond acceptors (Lipinski definition) is 9. The molecule has 0 saturated carbocycles. The van der Waals surface area contributed by atoms with E-state index in [2.05, 4.69) is 31.2 Å². The predicted molar refractivity (Wildman–Crippen MR) is 248 cm³/mol. The van der Waals surface area contributed by atoms with Gasteiger partial charge in [0.05, 0.1) is 40.6 Å². The van der Waals surface area contributed by atoms with Gasteiger partial charge in [-0.25, -0.2) is 0 Å². The molecule has 4 unspecified atom stereocenters. The van der Waals surface area contributed by atoms with Crippen molar-refractivity contribution in [2.24, 2.45) is 0 Å². The number of rotatable bonds is 18. The maximum atomic E-state index is 14.4. The molecule has 2 amide bonds. The zero-order valence-corrected chi connectivity index (χ0v) is 38.9. The molecule has 2 saturated heterocycles. The molecule has 4 aromatic rings. The lowest BCUT2D eigenvalue weighted by Crippen LogP contribution is -2.44. The van der Waals surface area contributed by atoms with Crippen LogP contribution in [0.15, 0.2) is 84.9 Å². The molecule has 8 rings (SSSR count). The van der Waals surface area contributed by atoms with Crippen molar-refractivity contribution in [2.45, 2.75) is 93.9 Å². The molecular weight excluding hydrogens is 852 g/mol. The molecule has 342 valence electrons. The summed E-state index contributed by atoms with van der Waals surface area (Å²) in [6.07, 6.45) is 7.48. The van der Waals surface area contributed by atoms with Crippen LogP contribution in [-0.2, 0) is 27.5 Å². The molecule has 12 nitrogen and oxygen atoms in total. The average molecular weight is 913 g/mol. The second-order valence-corrected chi connectivity index (χ2v) is 23.0. The third-order valence-corrected chi connectivity index (χ3v) is 18.5. The number of methoxy groups -OCH3 is 2. The quantitative estimate of drug-likeness (QED) is 0.0583. The van der Waals surface area contributed by atoms with E-state index >= 15 is 0 Å². The number of benzene rings is 4. The minimum Gasteiger partial charge on any atom is -0.493 e. The van der Waals surface area contributed by atoms with Crippen molar-refractivity contribution in [1.82, 2.24) is 9.80 Å². The topological polar surface area (TPSA) is 149 Å². The monoisotopic (exact) mass is 912 g/mol. The van der Waals surface area contributed by atoms with Gasteiger partial charge >= 0.3 is 0 Å². The first-order chi connectivity index (χ1) is 30.9. The van der Waals surface area contributed by atoms with Crippen molar-refractivity contribution >= 4 is 29.1 Å². The Bertz CT molecular complexity index is 2470. The average Bonchev–Trinajstić information content (AvgIpc) is 3.89. The van der Waals surface area contributed by atoms with Gasteiger partial charge in [0.2, 0.25) is 0 Å². The summed E-state index contributed by atoms with van der Waals surface area (Å²) in [5, 5.41) is -1.20. The van der Waals surface area contributed by atoms with Gasteiger partial charge in [0.1, 0.15) is 5.25 Å². The smallest absolute Gasteiger partial charge is 0.270 e. The van der Waals surface area contributed by atoms with E-state index in [1.54, 1.807) is 24.1 Å². The van der Waals surface area contributed by atoms with Crippen LogP contribution in [0.5, 0.6) is 23.0 Å². The summed E-state index contributed by atoms with van der Waals surface area (Å²) in [5.41, 5.74) is 4.73. The number of unbranched alkanes of at least 4 members (excludes halogenated alkanes) is 1. The third-order valence-electron chi connectivity index (χ3n) is 13.9. The Kier molecular flexibility index (Phi) is 14.1. The molecule has 0 radical (unpaired) electrons. The zero-order chi connectivity index (χ0) is 45.0. The molecule has 6 atom stereocenters. The van der Waals surface area contributed by atoms with Crippen LogP contribution in [0.2, 0.25) is 0 Å². The van der Waals surface area contributed by atoms with E-state index in [4.69, 9.17) is 18.9 Å². The number of carbonyl (C=O) groups excluding carboxylic acids is 2. The highest BCUT2D eigenvalue weighted by Crippen LogP contribution is 2.48. The predicted octanol–water partition coefficient (Wildman–Crippen LogP) is 8.86. The molecular formula is C50H61N2O10PS. The van der Waals surface area contributed by atoms with E-state index in [1.165, 1.54) is 12.7 Å². The van der Waals surface area contributed by atoms with E-state index in [0.717, 1.165) is 43.2 Å². The van der Waals surface area contributed by atoms with Crippen molar-refractivity contribution in [3.05, 3.63) is 118 Å². The normalized spacial score (nSPS) is 22.7. The van der Waals surface area contributed by atoms with E-state index in [-0.39, 0.29) is 36.8 Å². The summed E-state index contributed by atoms with van der Waals surface area (Å²) in [4.78, 5) is 31.6. The van der Waals surface area contributed by atoms with Crippen molar-refractivity contribution in [3.63, 3.8) is 0 Å². The highest BCUT2D eigenvalue weighted by atomic mass is 32.2. The fraction of sp³-hybridized carbons (Fsp3) is 0.480. The van der Waals surface area contributed by atoms with Crippen molar-refractivity contribution in [1.29, 1.82) is 0 Å². The van der Waals surface area contributed by atoms with E-state index < -0.39 is 28.6 Å². The lowest BCUT2D eigenvalue weighted by molar-refractivity contribution is 0.0730. The number of amides is 2. The van der Waals surface area contributed by atoms with Crippen LogP contribution >= 0.6 is 7.14 Å². The first-order valence-corrected chi connectivity index (χ1v) is 26.6. The maximum absolute atomic E-state index is 14.4.